The van der Waals surface area contributed by atoms with E-state index < -0.39 is 6.04 Å². The van der Waals surface area contributed by atoms with Gasteiger partial charge in [0, 0.05) is 37.6 Å². The number of hydrogen-bond acceptors (Lipinski definition) is 4. The molecule has 0 bridgehead atoms. The van der Waals surface area contributed by atoms with Gasteiger partial charge in [0.25, 0.3) is 0 Å². The van der Waals surface area contributed by atoms with Gasteiger partial charge in [0.2, 0.25) is 11.5 Å². The SMILES string of the molecule is CNC(C(=O)NCc1ccc(=O)[nH]c1)c1cnn(C)c1.Cl.Cl. The summed E-state index contributed by atoms with van der Waals surface area (Å²) in [5.41, 5.74) is 1.47. The van der Waals surface area contributed by atoms with Crippen LogP contribution < -0.4 is 16.2 Å². The molecule has 22 heavy (non-hydrogen) atoms. The molecule has 1 unspecified atom stereocenters. The summed E-state index contributed by atoms with van der Waals surface area (Å²) in [6.07, 6.45) is 5.03. The normalized spacial score (nSPS) is 11.0. The van der Waals surface area contributed by atoms with Crippen molar-refractivity contribution in [1.82, 2.24) is 25.4 Å². The molecule has 2 aromatic rings. The highest BCUT2D eigenvalue weighted by atomic mass is 35.5. The molecule has 2 rings (SSSR count). The number of nitrogens with one attached hydrogen (secondary N) is 3. The number of carbonyl (C=O) groups excluding carboxylic acids is 1. The van der Waals surface area contributed by atoms with Gasteiger partial charge >= 0.3 is 0 Å². The van der Waals surface area contributed by atoms with Gasteiger partial charge in [-0.05, 0) is 12.6 Å². The second-order valence-corrected chi connectivity index (χ2v) is 4.45. The lowest BCUT2D eigenvalue weighted by molar-refractivity contribution is -0.123. The molecule has 0 aromatic carbocycles. The molecule has 0 fully saturated rings. The third-order valence-corrected chi connectivity index (χ3v) is 2.92. The van der Waals surface area contributed by atoms with E-state index in [-0.39, 0.29) is 36.3 Å². The topological polar surface area (TPSA) is 91.8 Å². The van der Waals surface area contributed by atoms with Crippen molar-refractivity contribution in [2.45, 2.75) is 12.6 Å². The number of halogens is 2. The largest absolute Gasteiger partial charge is 0.350 e. The maximum atomic E-state index is 12.1. The molecule has 7 nitrogen and oxygen atoms in total. The van der Waals surface area contributed by atoms with Gasteiger partial charge in [-0.25, -0.2) is 0 Å². The molecule has 0 aliphatic rings. The minimum absolute atomic E-state index is 0. The van der Waals surface area contributed by atoms with Crippen LogP contribution in [0.3, 0.4) is 0 Å². The third-order valence-electron chi connectivity index (χ3n) is 2.92. The lowest BCUT2D eigenvalue weighted by Crippen LogP contribution is -2.35. The van der Waals surface area contributed by atoms with Crippen LogP contribution >= 0.6 is 24.8 Å². The smallest absolute Gasteiger partial charge is 0.247 e. The van der Waals surface area contributed by atoms with Crippen molar-refractivity contribution in [2.24, 2.45) is 7.05 Å². The first-order chi connectivity index (χ1) is 9.60. The zero-order valence-corrected chi connectivity index (χ0v) is 13.8. The number of aromatic amines is 1. The summed E-state index contributed by atoms with van der Waals surface area (Å²) in [6, 6.07) is 2.65. The Morgan fingerprint density at radius 3 is 2.64 bits per heavy atom. The number of nitrogens with zero attached hydrogens (tertiary/aromatic N) is 2. The van der Waals surface area contributed by atoms with Gasteiger partial charge in [-0.2, -0.15) is 5.10 Å². The Morgan fingerprint density at radius 1 is 1.41 bits per heavy atom. The first-order valence-corrected chi connectivity index (χ1v) is 6.21. The quantitative estimate of drug-likeness (QED) is 0.735. The summed E-state index contributed by atoms with van der Waals surface area (Å²) in [4.78, 5) is 25.6. The van der Waals surface area contributed by atoms with Crippen LogP contribution in [0.15, 0.2) is 35.5 Å². The number of aromatic nitrogens is 3. The molecule has 2 aromatic heterocycles. The Balaban J connectivity index is 0.00000220. The fourth-order valence-corrected chi connectivity index (χ4v) is 1.88. The van der Waals surface area contributed by atoms with E-state index in [0.29, 0.717) is 6.54 Å². The van der Waals surface area contributed by atoms with Gasteiger partial charge in [-0.1, -0.05) is 6.07 Å². The first-order valence-electron chi connectivity index (χ1n) is 6.21. The van der Waals surface area contributed by atoms with Crippen LogP contribution in [0.4, 0.5) is 0 Å². The maximum Gasteiger partial charge on any atom is 0.247 e. The number of pyridine rings is 1. The Kier molecular flexibility index (Phi) is 8.47. The Morgan fingerprint density at radius 2 is 2.14 bits per heavy atom. The van der Waals surface area contributed by atoms with Crippen molar-refractivity contribution in [3.05, 3.63) is 52.2 Å². The van der Waals surface area contributed by atoms with E-state index in [9.17, 15) is 9.59 Å². The summed E-state index contributed by atoms with van der Waals surface area (Å²) in [7, 11) is 3.52. The van der Waals surface area contributed by atoms with Crippen LogP contribution in [0.5, 0.6) is 0 Å². The van der Waals surface area contributed by atoms with Crippen molar-refractivity contribution >= 4 is 30.7 Å². The number of carbonyl (C=O) groups is 1. The Labute approximate surface area is 140 Å². The molecule has 9 heteroatoms. The van der Waals surface area contributed by atoms with E-state index in [1.54, 1.807) is 43.4 Å². The molecular formula is C13H19Cl2N5O2. The Hall–Kier alpha value is -1.83. The van der Waals surface area contributed by atoms with Gasteiger partial charge < -0.3 is 15.6 Å². The second kappa shape index (κ2) is 9.24. The van der Waals surface area contributed by atoms with E-state index in [1.165, 1.54) is 6.07 Å². The lowest BCUT2D eigenvalue weighted by Gasteiger charge is -2.14. The van der Waals surface area contributed by atoms with Crippen molar-refractivity contribution in [1.29, 1.82) is 0 Å². The molecule has 2 heterocycles. The molecule has 122 valence electrons. The molecule has 1 amide bonds. The number of likely N-dealkylation sites (N-methyl/N-ethyl adjacent to an activating group) is 1. The first kappa shape index (κ1) is 20.2. The predicted octanol–water partition coefficient (Wildman–Crippen LogP) is 0.529. The van der Waals surface area contributed by atoms with E-state index >= 15 is 0 Å². The average Bonchev–Trinajstić information content (AvgIpc) is 2.85. The van der Waals surface area contributed by atoms with Crippen molar-refractivity contribution < 1.29 is 4.79 Å². The molecule has 0 aliphatic carbocycles. The van der Waals surface area contributed by atoms with E-state index in [1.807, 2.05) is 0 Å². The molecule has 0 saturated carbocycles. The van der Waals surface area contributed by atoms with Crippen LogP contribution in [-0.2, 0) is 18.4 Å². The molecule has 0 aliphatic heterocycles. The van der Waals surface area contributed by atoms with Crippen LogP contribution in [-0.4, -0.2) is 27.7 Å². The third kappa shape index (κ3) is 5.18. The second-order valence-electron chi connectivity index (χ2n) is 4.45. The van der Waals surface area contributed by atoms with Gasteiger partial charge in [0.1, 0.15) is 6.04 Å². The minimum Gasteiger partial charge on any atom is -0.350 e. The highest BCUT2D eigenvalue weighted by Gasteiger charge is 2.19. The molecule has 1 atom stereocenters. The summed E-state index contributed by atoms with van der Waals surface area (Å²) in [5, 5.41) is 9.82. The minimum atomic E-state index is -0.452. The van der Waals surface area contributed by atoms with Gasteiger partial charge in [0.05, 0.1) is 6.20 Å². The molecule has 0 spiro atoms. The molecule has 3 N–H and O–H groups in total. The molecule has 0 radical (unpaired) electrons. The van der Waals surface area contributed by atoms with Gasteiger partial charge in [0.15, 0.2) is 0 Å². The van der Waals surface area contributed by atoms with Crippen LogP contribution in [0.1, 0.15) is 17.2 Å². The number of H-pyrrole nitrogens is 1. The monoisotopic (exact) mass is 347 g/mol. The van der Waals surface area contributed by atoms with E-state index in [4.69, 9.17) is 0 Å². The zero-order chi connectivity index (χ0) is 14.5. The Bertz CT molecular complexity index is 635. The number of aryl methyl sites for hydroxylation is 1. The van der Waals surface area contributed by atoms with Crippen molar-refractivity contribution in [2.75, 3.05) is 7.05 Å². The fraction of sp³-hybridized carbons (Fsp3) is 0.308. The zero-order valence-electron chi connectivity index (χ0n) is 12.2. The van der Waals surface area contributed by atoms with Gasteiger partial charge in [-0.15, -0.1) is 24.8 Å². The van der Waals surface area contributed by atoms with E-state index in [2.05, 4.69) is 20.7 Å². The molecular weight excluding hydrogens is 329 g/mol. The van der Waals surface area contributed by atoms with Gasteiger partial charge in [-0.3, -0.25) is 14.3 Å². The number of rotatable bonds is 5. The van der Waals surface area contributed by atoms with Crippen LogP contribution in [0, 0.1) is 0 Å². The maximum absolute atomic E-state index is 12.1. The number of hydrogen-bond donors (Lipinski definition) is 3. The predicted molar refractivity (Wildman–Crippen MR) is 88.4 cm³/mol. The summed E-state index contributed by atoms with van der Waals surface area (Å²) >= 11 is 0. The fourth-order valence-electron chi connectivity index (χ4n) is 1.88. The number of amides is 1. The van der Waals surface area contributed by atoms with Crippen molar-refractivity contribution in [3.63, 3.8) is 0 Å². The van der Waals surface area contributed by atoms with Crippen molar-refractivity contribution in [3.8, 4) is 0 Å². The summed E-state index contributed by atoms with van der Waals surface area (Å²) < 4.78 is 1.65. The molecule has 0 saturated heterocycles. The highest BCUT2D eigenvalue weighted by Crippen LogP contribution is 2.11. The van der Waals surface area contributed by atoms with Crippen LogP contribution in [0.25, 0.3) is 0 Å². The average molecular weight is 348 g/mol. The summed E-state index contributed by atoms with van der Waals surface area (Å²) in [5.74, 6) is -0.147. The lowest BCUT2D eigenvalue weighted by atomic mass is 10.1. The summed E-state index contributed by atoms with van der Waals surface area (Å²) in [6.45, 7) is 0.355. The van der Waals surface area contributed by atoms with E-state index in [0.717, 1.165) is 11.1 Å². The highest BCUT2D eigenvalue weighted by molar-refractivity contribution is 5.85. The standard InChI is InChI=1S/C13H17N5O2.2ClH/c1-14-12(10-7-17-18(2)8-10)13(20)16-6-9-3-4-11(19)15-5-9;;/h3-5,7-8,12,14H,6H2,1-2H3,(H,15,19)(H,16,20);2*1H. The van der Waals surface area contributed by atoms with Crippen LogP contribution in [0.2, 0.25) is 0 Å².